The number of fused-ring (bicyclic) bond motifs is 2. The van der Waals surface area contributed by atoms with E-state index in [0.29, 0.717) is 5.52 Å². The number of rotatable bonds is 3. The lowest BCUT2D eigenvalue weighted by molar-refractivity contribution is 0.162. The van der Waals surface area contributed by atoms with Crippen molar-refractivity contribution >= 4 is 43.2 Å². The van der Waals surface area contributed by atoms with Crippen LogP contribution in [0.3, 0.4) is 0 Å². The van der Waals surface area contributed by atoms with E-state index in [1.54, 1.807) is 18.3 Å². The van der Waals surface area contributed by atoms with Crippen molar-refractivity contribution in [2.75, 3.05) is 0 Å². The van der Waals surface area contributed by atoms with Crippen molar-refractivity contribution in [3.05, 3.63) is 62.4 Å². The van der Waals surface area contributed by atoms with Crippen LogP contribution >= 0.6 is 11.6 Å². The number of aromatic amines is 1. The molecule has 4 aromatic rings. The summed E-state index contributed by atoms with van der Waals surface area (Å²) < 4.78 is 28.7. The van der Waals surface area contributed by atoms with E-state index in [4.69, 9.17) is 11.6 Å². The van der Waals surface area contributed by atoms with E-state index in [0.717, 1.165) is 31.1 Å². The normalized spacial score (nSPS) is 15.3. The number of nitrogens with zero attached hydrogens (tertiary/aromatic N) is 3. The summed E-state index contributed by atoms with van der Waals surface area (Å²) in [7, 11) is -4.14. The summed E-state index contributed by atoms with van der Waals surface area (Å²) in [5, 5.41) is 14.5. The molecule has 0 unspecified atom stereocenters. The highest BCUT2D eigenvalue weighted by molar-refractivity contribution is 7.91. The van der Waals surface area contributed by atoms with Gasteiger partial charge >= 0.3 is 5.69 Å². The van der Waals surface area contributed by atoms with Gasteiger partial charge in [-0.25, -0.2) is 13.2 Å². The Hall–Kier alpha value is -3.11. The standard InChI is InChI=1S/C20H17ClN4O5S/c21-14-7-8-16(18-17(14)19(26)25(28)20(27)23-18)31(29,30)13-6-5-11-10-22-24(15(11)9-13)12-3-1-2-4-12/h5-10,12,28H,1-4H2,(H,23,27). The molecular formula is C20H17ClN4O5S. The second-order valence-electron chi connectivity index (χ2n) is 7.59. The van der Waals surface area contributed by atoms with Gasteiger partial charge < -0.3 is 10.2 Å². The van der Waals surface area contributed by atoms with Gasteiger partial charge in [-0.2, -0.15) is 5.10 Å². The first-order chi connectivity index (χ1) is 14.8. The topological polar surface area (TPSA) is 127 Å². The van der Waals surface area contributed by atoms with Gasteiger partial charge in [-0.15, -0.1) is 0 Å². The summed E-state index contributed by atoms with van der Waals surface area (Å²) >= 11 is 6.06. The fraction of sp³-hybridized carbons (Fsp3) is 0.250. The van der Waals surface area contributed by atoms with Crippen molar-refractivity contribution in [2.24, 2.45) is 0 Å². The number of hydrogen-bond acceptors (Lipinski definition) is 6. The molecule has 1 aliphatic rings. The highest BCUT2D eigenvalue weighted by atomic mass is 35.5. The SMILES string of the molecule is O=c1[nH]c2c(S(=O)(=O)c3ccc4cnn(C5CCCC5)c4c3)ccc(Cl)c2c(=O)n1O. The minimum absolute atomic E-state index is 0.00241. The van der Waals surface area contributed by atoms with Gasteiger partial charge in [0.2, 0.25) is 9.84 Å². The average molecular weight is 461 g/mol. The van der Waals surface area contributed by atoms with Crippen LogP contribution in [-0.2, 0) is 9.84 Å². The van der Waals surface area contributed by atoms with Gasteiger partial charge in [-0.05, 0) is 43.2 Å². The molecule has 0 amide bonds. The second-order valence-corrected chi connectivity index (χ2v) is 9.92. The minimum Gasteiger partial charge on any atom is -0.421 e. The van der Waals surface area contributed by atoms with E-state index >= 15 is 0 Å². The lowest BCUT2D eigenvalue weighted by Crippen LogP contribution is -2.33. The summed E-state index contributed by atoms with van der Waals surface area (Å²) in [4.78, 5) is 26.2. The molecule has 2 aromatic heterocycles. The van der Waals surface area contributed by atoms with Crippen LogP contribution < -0.4 is 11.2 Å². The van der Waals surface area contributed by atoms with Gasteiger partial charge in [0.05, 0.1) is 43.5 Å². The van der Waals surface area contributed by atoms with Crippen LogP contribution in [0.25, 0.3) is 21.8 Å². The van der Waals surface area contributed by atoms with Gasteiger partial charge in [-0.3, -0.25) is 9.48 Å². The Morgan fingerprint density at radius 3 is 2.61 bits per heavy atom. The maximum Gasteiger partial charge on any atom is 0.362 e. The molecule has 2 N–H and O–H groups in total. The Kier molecular flexibility index (Phi) is 4.45. The number of H-pyrrole nitrogens is 1. The summed E-state index contributed by atoms with van der Waals surface area (Å²) in [6.45, 7) is 0. The molecule has 9 nitrogen and oxygen atoms in total. The maximum atomic E-state index is 13.5. The van der Waals surface area contributed by atoms with Gasteiger partial charge in [0, 0.05) is 5.39 Å². The molecule has 1 aliphatic carbocycles. The Morgan fingerprint density at radius 1 is 1.13 bits per heavy atom. The third-order valence-corrected chi connectivity index (χ3v) is 7.90. The second kappa shape index (κ2) is 6.96. The Balaban J connectivity index is 1.75. The number of nitrogens with one attached hydrogen (secondary N) is 1. The van der Waals surface area contributed by atoms with Crippen LogP contribution in [0.1, 0.15) is 31.7 Å². The van der Waals surface area contributed by atoms with Crippen molar-refractivity contribution in [3.63, 3.8) is 0 Å². The average Bonchev–Trinajstić information content (AvgIpc) is 3.40. The molecule has 0 atom stereocenters. The summed E-state index contributed by atoms with van der Waals surface area (Å²) in [6, 6.07) is 7.41. The molecule has 1 fully saturated rings. The molecule has 2 aromatic carbocycles. The van der Waals surface area contributed by atoms with E-state index < -0.39 is 21.1 Å². The first-order valence-electron chi connectivity index (χ1n) is 9.68. The summed E-state index contributed by atoms with van der Waals surface area (Å²) in [6.07, 6.45) is 5.91. The van der Waals surface area contributed by atoms with E-state index in [2.05, 4.69) is 10.1 Å². The molecule has 0 saturated heterocycles. The highest BCUT2D eigenvalue weighted by Crippen LogP contribution is 2.34. The van der Waals surface area contributed by atoms with Crippen molar-refractivity contribution in [1.82, 2.24) is 19.5 Å². The molecular weight excluding hydrogens is 444 g/mol. The smallest absolute Gasteiger partial charge is 0.362 e. The minimum atomic E-state index is -4.14. The Morgan fingerprint density at radius 2 is 1.87 bits per heavy atom. The summed E-state index contributed by atoms with van der Waals surface area (Å²) in [5.74, 6) is 0. The quantitative estimate of drug-likeness (QED) is 0.452. The van der Waals surface area contributed by atoms with Crippen molar-refractivity contribution in [2.45, 2.75) is 41.5 Å². The van der Waals surface area contributed by atoms with Crippen molar-refractivity contribution in [1.29, 1.82) is 0 Å². The monoisotopic (exact) mass is 460 g/mol. The van der Waals surface area contributed by atoms with Gasteiger partial charge in [0.1, 0.15) is 0 Å². The predicted molar refractivity (Wildman–Crippen MR) is 114 cm³/mol. The van der Waals surface area contributed by atoms with Gasteiger partial charge in [0.15, 0.2) is 0 Å². The molecule has 11 heteroatoms. The van der Waals surface area contributed by atoms with E-state index in [1.165, 1.54) is 18.2 Å². The number of aromatic nitrogens is 4. The molecule has 160 valence electrons. The third-order valence-electron chi connectivity index (χ3n) is 5.79. The molecule has 2 heterocycles. The maximum absolute atomic E-state index is 13.5. The van der Waals surface area contributed by atoms with Crippen LogP contribution in [0, 0.1) is 0 Å². The highest BCUT2D eigenvalue weighted by Gasteiger charge is 2.26. The molecule has 0 radical (unpaired) electrons. The zero-order chi connectivity index (χ0) is 21.9. The summed E-state index contributed by atoms with van der Waals surface area (Å²) in [5.41, 5.74) is -1.81. The van der Waals surface area contributed by atoms with E-state index in [1.807, 2.05) is 4.68 Å². The molecule has 31 heavy (non-hydrogen) atoms. The fourth-order valence-electron chi connectivity index (χ4n) is 4.22. The Bertz CT molecular complexity index is 1580. The number of sulfone groups is 1. The largest absolute Gasteiger partial charge is 0.421 e. The Labute approximate surface area is 180 Å². The van der Waals surface area contributed by atoms with Crippen molar-refractivity contribution in [3.8, 4) is 0 Å². The van der Waals surface area contributed by atoms with Crippen molar-refractivity contribution < 1.29 is 13.6 Å². The van der Waals surface area contributed by atoms with Crippen LogP contribution in [0.2, 0.25) is 5.02 Å². The van der Waals surface area contributed by atoms with E-state index in [9.17, 15) is 23.2 Å². The number of benzene rings is 2. The predicted octanol–water partition coefficient (Wildman–Crippen LogP) is 2.88. The molecule has 0 aliphatic heterocycles. The van der Waals surface area contributed by atoms with Gasteiger partial charge in [-0.1, -0.05) is 29.2 Å². The third kappa shape index (κ3) is 2.97. The van der Waals surface area contributed by atoms with Crippen LogP contribution in [-0.4, -0.2) is 33.1 Å². The molecule has 0 bridgehead atoms. The lowest BCUT2D eigenvalue weighted by atomic mass is 10.2. The molecule has 5 rings (SSSR count). The van der Waals surface area contributed by atoms with Gasteiger partial charge in [0.25, 0.3) is 5.56 Å². The first-order valence-corrected chi connectivity index (χ1v) is 11.5. The first kappa shape index (κ1) is 19.8. The fourth-order valence-corrected chi connectivity index (χ4v) is 5.90. The molecule has 0 spiro atoms. The number of halogens is 1. The van der Waals surface area contributed by atoms with Crippen LogP contribution in [0.15, 0.2) is 55.9 Å². The van der Waals surface area contributed by atoms with E-state index in [-0.39, 0.29) is 36.5 Å². The molecule has 1 saturated carbocycles. The number of hydrogen-bond donors (Lipinski definition) is 2. The zero-order valence-electron chi connectivity index (χ0n) is 16.1. The zero-order valence-corrected chi connectivity index (χ0v) is 17.7. The van der Waals surface area contributed by atoms with Crippen LogP contribution in [0.5, 0.6) is 0 Å². The lowest BCUT2D eigenvalue weighted by Gasteiger charge is -2.13. The van der Waals surface area contributed by atoms with Crippen LogP contribution in [0.4, 0.5) is 0 Å².